The summed E-state index contributed by atoms with van der Waals surface area (Å²) in [6.45, 7) is 11.1. The van der Waals surface area contributed by atoms with E-state index < -0.39 is 20.0 Å². The molecule has 4 aromatic heterocycles. The number of nitrogens with one attached hydrogen (secondary N) is 4. The van der Waals surface area contributed by atoms with Crippen LogP contribution < -0.4 is 34.8 Å². The minimum Gasteiger partial charge on any atom is -0.356 e. The number of sulfonamides is 2. The molecular weight excluding hydrogens is 1170 g/mol. The van der Waals surface area contributed by atoms with Crippen molar-refractivity contribution in [1.29, 1.82) is 0 Å². The number of rotatable bonds is 11. The van der Waals surface area contributed by atoms with Gasteiger partial charge in [0.1, 0.15) is 22.6 Å². The van der Waals surface area contributed by atoms with Crippen molar-refractivity contribution < 1.29 is 26.4 Å². The third kappa shape index (κ3) is 14.9. The molecule has 21 nitrogen and oxygen atoms in total. The number of hydrogen-bond donors (Lipinski definition) is 4. The van der Waals surface area contributed by atoms with Gasteiger partial charge in [0.15, 0.2) is 11.3 Å². The summed E-state index contributed by atoms with van der Waals surface area (Å²) >= 11 is 18.9. The zero-order chi connectivity index (χ0) is 56.8. The number of amides is 2. The van der Waals surface area contributed by atoms with Crippen molar-refractivity contribution in [1.82, 2.24) is 49.6 Å². The van der Waals surface area contributed by atoms with Gasteiger partial charge in [0.05, 0.1) is 58.5 Å². The van der Waals surface area contributed by atoms with Gasteiger partial charge in [0, 0.05) is 93.2 Å². The molecule has 6 saturated heterocycles. The van der Waals surface area contributed by atoms with Crippen LogP contribution >= 0.6 is 47.2 Å². The van der Waals surface area contributed by atoms with Crippen LogP contribution in [-0.2, 0) is 20.0 Å². The number of carbonyl (C=O) groups is 2. The molecule has 0 aliphatic carbocycles. The molecular formula is C55H73Cl4N15O6S2. The SMILES string of the molecule is C1CNC1.CS(=O)(=O)Nc1ccc(Cl)cc1C(=O)N1CCCC[C@H]1c1cc2nc(Cl)cc(N3CCCCCC3)n2n1.CS(=O)(=O)Nc1ccc(Cl)cc1C(=O)N1CCCC[C@H]1c1cc2nc(N3CCC3)cc(N3CCCNCC3)n2n1.Cl. The highest BCUT2D eigenvalue weighted by molar-refractivity contribution is 7.92. The average Bonchev–Trinajstić information content (AvgIpc) is 3.86. The number of fused-ring (bicyclic) bond motifs is 2. The molecule has 82 heavy (non-hydrogen) atoms. The fourth-order valence-electron chi connectivity index (χ4n) is 11.2. The Balaban J connectivity index is 0.000000183. The number of hydrogen-bond acceptors (Lipinski definition) is 15. The minimum absolute atomic E-state index is 0. The van der Waals surface area contributed by atoms with Crippen LogP contribution in [0.3, 0.4) is 0 Å². The van der Waals surface area contributed by atoms with Crippen molar-refractivity contribution in [3.63, 3.8) is 0 Å². The number of halogens is 4. The van der Waals surface area contributed by atoms with Gasteiger partial charge in [-0.05, 0) is 127 Å². The number of nitrogens with zero attached hydrogens (tertiary/aromatic N) is 11. The topological polar surface area (TPSA) is 227 Å². The van der Waals surface area contributed by atoms with Crippen LogP contribution in [0.15, 0.2) is 60.7 Å². The molecule has 0 saturated carbocycles. The molecule has 12 rings (SSSR count). The predicted octanol–water partition coefficient (Wildman–Crippen LogP) is 8.69. The van der Waals surface area contributed by atoms with Gasteiger partial charge in [0.25, 0.3) is 11.8 Å². The van der Waals surface area contributed by atoms with Crippen LogP contribution in [0.5, 0.6) is 0 Å². The van der Waals surface area contributed by atoms with Gasteiger partial charge in [-0.3, -0.25) is 19.0 Å². The van der Waals surface area contributed by atoms with E-state index >= 15 is 0 Å². The number of carbonyl (C=O) groups excluding carboxylic acids is 2. The zero-order valence-electron chi connectivity index (χ0n) is 46.3. The smallest absolute Gasteiger partial charge is 0.256 e. The summed E-state index contributed by atoms with van der Waals surface area (Å²) in [6.07, 6.45) is 15.5. The average molecular weight is 1250 g/mol. The first-order valence-electron chi connectivity index (χ1n) is 28.3. The molecule has 0 radical (unpaired) electrons. The largest absolute Gasteiger partial charge is 0.356 e. The van der Waals surface area contributed by atoms with Crippen molar-refractivity contribution in [2.75, 3.05) is 115 Å². The summed E-state index contributed by atoms with van der Waals surface area (Å²) in [7, 11) is -7.17. The summed E-state index contributed by atoms with van der Waals surface area (Å²) in [5.74, 6) is 2.32. The highest BCUT2D eigenvalue weighted by atomic mass is 35.5. The summed E-state index contributed by atoms with van der Waals surface area (Å²) in [6, 6.07) is 16.6. The summed E-state index contributed by atoms with van der Waals surface area (Å²) in [5.41, 5.74) is 3.79. The Morgan fingerprint density at radius 3 is 1.45 bits per heavy atom. The molecule has 6 aromatic rings. The third-order valence-electron chi connectivity index (χ3n) is 15.5. The van der Waals surface area contributed by atoms with Crippen molar-refractivity contribution in [3.8, 4) is 0 Å². The van der Waals surface area contributed by atoms with Gasteiger partial charge < -0.3 is 35.1 Å². The van der Waals surface area contributed by atoms with Gasteiger partial charge in [-0.1, -0.05) is 47.6 Å². The molecule has 0 bridgehead atoms. The molecule has 10 heterocycles. The molecule has 2 amide bonds. The van der Waals surface area contributed by atoms with E-state index in [4.69, 9.17) is 50.0 Å². The van der Waals surface area contributed by atoms with Crippen LogP contribution in [0.2, 0.25) is 15.2 Å². The maximum absolute atomic E-state index is 14.0. The maximum Gasteiger partial charge on any atom is 0.256 e. The lowest BCUT2D eigenvalue weighted by molar-refractivity contribution is 0.0600. The lowest BCUT2D eigenvalue weighted by Crippen LogP contribution is -2.39. The second kappa shape index (κ2) is 27.1. The molecule has 4 N–H and O–H groups in total. The lowest BCUT2D eigenvalue weighted by atomic mass is 9.98. The molecule has 6 aliphatic heterocycles. The van der Waals surface area contributed by atoms with E-state index in [0.29, 0.717) is 33.9 Å². The number of anilines is 5. The molecule has 2 aromatic carbocycles. The Hall–Kier alpha value is -5.40. The molecule has 2 atom stereocenters. The number of aromatic nitrogens is 6. The van der Waals surface area contributed by atoms with Crippen molar-refractivity contribution in [3.05, 3.63) is 98.4 Å². The predicted molar refractivity (Wildman–Crippen MR) is 328 cm³/mol. The Morgan fingerprint density at radius 1 is 0.512 bits per heavy atom. The zero-order valence-corrected chi connectivity index (χ0v) is 51.1. The second-order valence-corrected chi connectivity index (χ2v) is 26.4. The van der Waals surface area contributed by atoms with E-state index in [0.717, 1.165) is 157 Å². The molecule has 6 aliphatic rings. The van der Waals surface area contributed by atoms with Crippen LogP contribution in [0.1, 0.15) is 128 Å². The fraction of sp³-hybridized carbons (Fsp3) is 0.527. The molecule has 6 fully saturated rings. The highest BCUT2D eigenvalue weighted by Gasteiger charge is 2.35. The number of likely N-dealkylation sites (tertiary alicyclic amines) is 2. The van der Waals surface area contributed by atoms with Crippen molar-refractivity contribution >= 4 is 119 Å². The standard InChI is InChI=1S/C27H35ClN8O3S.C25H30Cl2N6O3S.C3H7N.ClH/c1-40(38,39)32-21-8-7-19(28)16-20(21)27(37)35-14-3-2-6-23(35)22-17-25-30-24(33-12-5-13-33)18-26(36(25)31-22)34-11-4-9-29-10-15-34;1-37(35,36)30-19-10-9-17(26)14-18(19)25(34)32-13-7-4-8-21(32)20-15-23-28-22(27)16-24(33(23)29-20)31-11-5-2-3-6-12-31;1-2-4-3-1;/h7-8,16-18,23,29,32H,2-6,9-15H2,1H3;9-10,14-16,21,30H,2-8,11-13H2,1H3;4H,1-3H2;1H/t23-;21-;;/m00../s1. The quantitative estimate of drug-likeness (QED) is 0.0890. The monoisotopic (exact) mass is 1240 g/mol. The van der Waals surface area contributed by atoms with Gasteiger partial charge in [-0.25, -0.2) is 26.8 Å². The Kier molecular flexibility index (Phi) is 20.2. The van der Waals surface area contributed by atoms with E-state index in [1.54, 1.807) is 21.9 Å². The first-order chi connectivity index (χ1) is 39.0. The van der Waals surface area contributed by atoms with Crippen LogP contribution in [0, 0.1) is 0 Å². The van der Waals surface area contributed by atoms with E-state index in [1.807, 2.05) is 27.2 Å². The number of benzene rings is 2. The fourth-order valence-corrected chi connectivity index (χ4v) is 12.9. The normalized spacial score (nSPS) is 19.7. The highest BCUT2D eigenvalue weighted by Crippen LogP contribution is 2.38. The lowest BCUT2D eigenvalue weighted by Gasteiger charge is -2.35. The van der Waals surface area contributed by atoms with Crippen LogP contribution in [0.25, 0.3) is 11.3 Å². The molecule has 444 valence electrons. The van der Waals surface area contributed by atoms with Gasteiger partial charge in [-0.15, -0.1) is 12.4 Å². The Bertz CT molecular complexity index is 3450. The molecule has 0 unspecified atom stereocenters. The van der Waals surface area contributed by atoms with Crippen molar-refractivity contribution in [2.45, 2.75) is 95.6 Å². The Morgan fingerprint density at radius 2 is 0.963 bits per heavy atom. The number of piperidine rings is 2. The summed E-state index contributed by atoms with van der Waals surface area (Å²) in [4.78, 5) is 47.8. The maximum atomic E-state index is 14.0. The summed E-state index contributed by atoms with van der Waals surface area (Å²) in [5, 5.41) is 17.7. The van der Waals surface area contributed by atoms with Crippen molar-refractivity contribution in [2.24, 2.45) is 0 Å². The molecule has 0 spiro atoms. The van der Waals surface area contributed by atoms with Gasteiger partial charge in [0.2, 0.25) is 20.0 Å². The Labute approximate surface area is 501 Å². The van der Waals surface area contributed by atoms with Crippen LogP contribution in [0.4, 0.5) is 28.8 Å². The first kappa shape index (κ1) is 61.2. The minimum atomic E-state index is -3.59. The second-order valence-electron chi connectivity index (χ2n) is 21.7. The summed E-state index contributed by atoms with van der Waals surface area (Å²) < 4.78 is 56.5. The van der Waals surface area contributed by atoms with E-state index in [9.17, 15) is 26.4 Å². The van der Waals surface area contributed by atoms with E-state index in [-0.39, 0.29) is 58.8 Å². The van der Waals surface area contributed by atoms with Gasteiger partial charge in [-0.2, -0.15) is 19.2 Å². The molecule has 27 heteroatoms. The van der Waals surface area contributed by atoms with E-state index in [2.05, 4.69) is 45.8 Å². The van der Waals surface area contributed by atoms with Gasteiger partial charge >= 0.3 is 0 Å². The van der Waals surface area contributed by atoms with E-state index in [1.165, 1.54) is 63.0 Å². The van der Waals surface area contributed by atoms with Crippen LogP contribution in [-0.4, -0.2) is 159 Å². The third-order valence-corrected chi connectivity index (χ3v) is 17.4. The first-order valence-corrected chi connectivity index (χ1v) is 33.2.